The van der Waals surface area contributed by atoms with Gasteiger partial charge in [0.1, 0.15) is 11.6 Å². The van der Waals surface area contributed by atoms with E-state index in [1.54, 1.807) is 13.0 Å². The van der Waals surface area contributed by atoms with E-state index in [2.05, 4.69) is 14.9 Å². The number of benzene rings is 2. The van der Waals surface area contributed by atoms with E-state index >= 15 is 0 Å². The van der Waals surface area contributed by atoms with Crippen LogP contribution in [0, 0.1) is 6.92 Å². The Morgan fingerprint density at radius 2 is 1.80 bits per heavy atom. The fraction of sp³-hybridized carbons (Fsp3) is 0.348. The Balaban J connectivity index is 1.32. The summed E-state index contributed by atoms with van der Waals surface area (Å²) in [7, 11) is 0. The van der Waals surface area contributed by atoms with E-state index in [4.69, 9.17) is 4.74 Å². The molecule has 2 aromatic carbocycles. The molecular formula is C23H26N4O3. The molecule has 2 heterocycles. The van der Waals surface area contributed by atoms with E-state index in [1.165, 1.54) is 0 Å². The lowest BCUT2D eigenvalue weighted by Crippen LogP contribution is -2.51. The number of aryl methyl sites for hydroxylation is 1. The molecule has 30 heavy (non-hydrogen) atoms. The van der Waals surface area contributed by atoms with Crippen molar-refractivity contribution in [3.05, 3.63) is 70.3 Å². The number of aromatic amines is 1. The Labute approximate surface area is 175 Å². The highest BCUT2D eigenvalue weighted by molar-refractivity contribution is 5.81. The molecule has 1 aliphatic rings. The first-order valence-corrected chi connectivity index (χ1v) is 10.2. The molecule has 4 rings (SSSR count). The first kappa shape index (κ1) is 20.1. The molecule has 1 saturated heterocycles. The van der Waals surface area contributed by atoms with Crippen molar-refractivity contribution in [2.24, 2.45) is 0 Å². The van der Waals surface area contributed by atoms with Gasteiger partial charge < -0.3 is 14.6 Å². The highest BCUT2D eigenvalue weighted by Crippen LogP contribution is 2.15. The largest absolute Gasteiger partial charge is 0.481 e. The third kappa shape index (κ3) is 4.52. The second-order valence-corrected chi connectivity index (χ2v) is 7.70. The number of nitrogens with zero attached hydrogens (tertiary/aromatic N) is 3. The fourth-order valence-corrected chi connectivity index (χ4v) is 3.68. The van der Waals surface area contributed by atoms with Crippen LogP contribution < -0.4 is 10.3 Å². The number of fused-ring (bicyclic) bond motifs is 1. The number of ether oxygens (including phenoxy) is 1. The van der Waals surface area contributed by atoms with Crippen LogP contribution in [0.5, 0.6) is 5.75 Å². The van der Waals surface area contributed by atoms with Crippen molar-refractivity contribution in [1.29, 1.82) is 0 Å². The summed E-state index contributed by atoms with van der Waals surface area (Å²) in [4.78, 5) is 36.5. The summed E-state index contributed by atoms with van der Waals surface area (Å²) in [6.45, 7) is 7.05. The van der Waals surface area contributed by atoms with Crippen LogP contribution in [0.3, 0.4) is 0 Å². The minimum absolute atomic E-state index is 0.00698. The van der Waals surface area contributed by atoms with Crippen molar-refractivity contribution < 1.29 is 9.53 Å². The first-order chi connectivity index (χ1) is 14.5. The number of carbonyl (C=O) groups excluding carboxylic acids is 1. The lowest BCUT2D eigenvalue weighted by molar-refractivity contribution is -0.139. The molecule has 1 unspecified atom stereocenters. The maximum atomic E-state index is 12.7. The van der Waals surface area contributed by atoms with E-state index < -0.39 is 6.10 Å². The van der Waals surface area contributed by atoms with Gasteiger partial charge in [0.25, 0.3) is 11.5 Å². The normalized spacial score (nSPS) is 15.9. The molecule has 7 nitrogen and oxygen atoms in total. The van der Waals surface area contributed by atoms with E-state index in [1.807, 2.05) is 54.3 Å². The zero-order valence-corrected chi connectivity index (χ0v) is 17.3. The average molecular weight is 406 g/mol. The number of hydrogen-bond acceptors (Lipinski definition) is 5. The summed E-state index contributed by atoms with van der Waals surface area (Å²) in [5.41, 5.74) is 1.73. The van der Waals surface area contributed by atoms with Gasteiger partial charge in [0.2, 0.25) is 0 Å². The monoisotopic (exact) mass is 406 g/mol. The van der Waals surface area contributed by atoms with Gasteiger partial charge in [0.15, 0.2) is 6.10 Å². The van der Waals surface area contributed by atoms with Crippen LogP contribution in [-0.4, -0.2) is 58.0 Å². The predicted molar refractivity (Wildman–Crippen MR) is 115 cm³/mol. The van der Waals surface area contributed by atoms with Gasteiger partial charge in [-0.05, 0) is 38.1 Å². The Morgan fingerprint density at radius 3 is 2.53 bits per heavy atom. The lowest BCUT2D eigenvalue weighted by atomic mass is 10.2. The number of carbonyl (C=O) groups is 1. The minimum atomic E-state index is -0.530. The fourth-order valence-electron chi connectivity index (χ4n) is 3.68. The number of para-hydroxylation sites is 1. The molecule has 0 radical (unpaired) electrons. The van der Waals surface area contributed by atoms with Gasteiger partial charge in [-0.3, -0.25) is 14.5 Å². The Hall–Kier alpha value is -3.19. The second-order valence-electron chi connectivity index (χ2n) is 7.70. The Morgan fingerprint density at radius 1 is 1.10 bits per heavy atom. The smallest absolute Gasteiger partial charge is 0.263 e. The van der Waals surface area contributed by atoms with Gasteiger partial charge in [-0.2, -0.15) is 0 Å². The third-order valence-electron chi connectivity index (χ3n) is 5.40. The SMILES string of the molecule is Cc1ccc(OC(C)C(=O)N2CCN(Cc3nc4ccccc4c(=O)[nH]3)CC2)cc1. The number of piperazine rings is 1. The maximum Gasteiger partial charge on any atom is 0.263 e. The standard InChI is InChI=1S/C23H26N4O3/c1-16-7-9-18(10-8-16)30-17(2)23(29)27-13-11-26(12-14-27)15-21-24-20-6-4-3-5-19(20)22(28)25-21/h3-10,17H,11-15H2,1-2H3,(H,24,25,28). The maximum absolute atomic E-state index is 12.7. The average Bonchev–Trinajstić information content (AvgIpc) is 2.75. The molecule has 7 heteroatoms. The van der Waals surface area contributed by atoms with Gasteiger partial charge in [-0.25, -0.2) is 4.98 Å². The predicted octanol–water partition coefficient (Wildman–Crippen LogP) is 2.34. The van der Waals surface area contributed by atoms with Crippen LogP contribution in [0.1, 0.15) is 18.3 Å². The number of H-pyrrole nitrogens is 1. The zero-order chi connectivity index (χ0) is 21.1. The van der Waals surface area contributed by atoms with E-state index in [0.717, 1.165) is 18.7 Å². The molecule has 1 aliphatic heterocycles. The molecule has 0 spiro atoms. The molecule has 1 N–H and O–H groups in total. The van der Waals surface area contributed by atoms with Crippen LogP contribution in [0.4, 0.5) is 0 Å². The summed E-state index contributed by atoms with van der Waals surface area (Å²) < 4.78 is 5.81. The van der Waals surface area contributed by atoms with Crippen molar-refractivity contribution in [1.82, 2.24) is 19.8 Å². The lowest BCUT2D eigenvalue weighted by Gasteiger charge is -2.35. The summed E-state index contributed by atoms with van der Waals surface area (Å²) in [5.74, 6) is 1.34. The van der Waals surface area contributed by atoms with E-state index in [-0.39, 0.29) is 11.5 Å². The van der Waals surface area contributed by atoms with Crippen molar-refractivity contribution in [2.45, 2.75) is 26.5 Å². The van der Waals surface area contributed by atoms with Crippen LogP contribution in [-0.2, 0) is 11.3 Å². The third-order valence-corrected chi connectivity index (χ3v) is 5.40. The number of rotatable bonds is 5. The van der Waals surface area contributed by atoms with Crippen LogP contribution in [0.25, 0.3) is 10.9 Å². The van der Waals surface area contributed by atoms with Gasteiger partial charge in [0.05, 0.1) is 17.4 Å². The van der Waals surface area contributed by atoms with Gasteiger partial charge in [-0.15, -0.1) is 0 Å². The number of hydrogen-bond donors (Lipinski definition) is 1. The summed E-state index contributed by atoms with van der Waals surface area (Å²) in [6, 6.07) is 15.0. The molecule has 0 saturated carbocycles. The van der Waals surface area contributed by atoms with Gasteiger partial charge in [0, 0.05) is 26.2 Å². The molecule has 1 fully saturated rings. The summed E-state index contributed by atoms with van der Waals surface area (Å²) in [5, 5.41) is 0.597. The number of aromatic nitrogens is 2. The van der Waals surface area contributed by atoms with Crippen LogP contribution in [0.2, 0.25) is 0 Å². The first-order valence-electron chi connectivity index (χ1n) is 10.2. The molecule has 1 aromatic heterocycles. The van der Waals surface area contributed by atoms with Gasteiger partial charge in [-0.1, -0.05) is 29.8 Å². The molecular weight excluding hydrogens is 380 g/mol. The summed E-state index contributed by atoms with van der Waals surface area (Å²) in [6.07, 6.45) is -0.530. The molecule has 1 amide bonds. The molecule has 0 bridgehead atoms. The van der Waals surface area contributed by atoms with Crippen molar-refractivity contribution in [3.63, 3.8) is 0 Å². The molecule has 156 valence electrons. The van der Waals surface area contributed by atoms with Crippen molar-refractivity contribution in [2.75, 3.05) is 26.2 Å². The molecule has 1 atom stereocenters. The number of amides is 1. The highest BCUT2D eigenvalue weighted by Gasteiger charge is 2.26. The minimum Gasteiger partial charge on any atom is -0.481 e. The number of nitrogens with one attached hydrogen (secondary N) is 1. The Kier molecular flexibility index (Phi) is 5.81. The highest BCUT2D eigenvalue weighted by atomic mass is 16.5. The zero-order valence-electron chi connectivity index (χ0n) is 17.3. The molecule has 0 aliphatic carbocycles. The summed E-state index contributed by atoms with van der Waals surface area (Å²) >= 11 is 0. The molecule has 3 aromatic rings. The van der Waals surface area contributed by atoms with Crippen molar-refractivity contribution >= 4 is 16.8 Å². The van der Waals surface area contributed by atoms with Crippen molar-refractivity contribution in [3.8, 4) is 5.75 Å². The topological polar surface area (TPSA) is 78.5 Å². The quantitative estimate of drug-likeness (QED) is 0.704. The van der Waals surface area contributed by atoms with Crippen LogP contribution >= 0.6 is 0 Å². The van der Waals surface area contributed by atoms with E-state index in [9.17, 15) is 9.59 Å². The van der Waals surface area contributed by atoms with Gasteiger partial charge >= 0.3 is 0 Å². The van der Waals surface area contributed by atoms with E-state index in [0.29, 0.717) is 42.1 Å². The second kappa shape index (κ2) is 8.67. The Bertz CT molecular complexity index is 1090. The van der Waals surface area contributed by atoms with Crippen LogP contribution in [0.15, 0.2) is 53.3 Å².